The molecule has 0 N–H and O–H groups in total. The van der Waals surface area contributed by atoms with E-state index in [4.69, 9.17) is 0 Å². The van der Waals surface area contributed by atoms with Crippen molar-refractivity contribution in [3.8, 4) is 0 Å². The van der Waals surface area contributed by atoms with Gasteiger partial charge in [0.2, 0.25) is 0 Å². The summed E-state index contributed by atoms with van der Waals surface area (Å²) >= 11 is 0. The first-order valence-corrected chi connectivity index (χ1v) is 10.4. The first-order chi connectivity index (χ1) is 11.4. The predicted molar refractivity (Wildman–Crippen MR) is 105 cm³/mol. The molecule has 0 aliphatic heterocycles. The minimum absolute atomic E-state index is 0.290. The number of hydrogen-bond acceptors (Lipinski definition) is 2. The summed E-state index contributed by atoms with van der Waals surface area (Å²) in [6.07, 6.45) is 14.9. The Morgan fingerprint density at radius 2 is 1.58 bits per heavy atom. The van der Waals surface area contributed by atoms with Crippen LogP contribution in [0.5, 0.6) is 0 Å². The van der Waals surface area contributed by atoms with Gasteiger partial charge in [0.05, 0.1) is 0 Å². The third kappa shape index (κ3) is 8.89. The Labute approximate surface area is 151 Å². The molecule has 0 bridgehead atoms. The molecule has 1 rings (SSSR count). The average Bonchev–Trinajstić information content (AvgIpc) is 2.54. The molecule has 2 heteroatoms. The Bertz CT molecular complexity index is 366. The normalized spacial score (nSPS) is 17.8. The van der Waals surface area contributed by atoms with E-state index in [0.717, 1.165) is 25.3 Å². The molecule has 1 unspecified atom stereocenters. The predicted octanol–water partition coefficient (Wildman–Crippen LogP) is 6.21. The molecule has 1 atom stereocenters. The highest BCUT2D eigenvalue weighted by Gasteiger charge is 2.19. The summed E-state index contributed by atoms with van der Waals surface area (Å²) in [7, 11) is 0. The van der Waals surface area contributed by atoms with Crippen LogP contribution in [-0.2, 0) is 4.79 Å². The molecule has 0 aromatic heterocycles. The van der Waals surface area contributed by atoms with Crippen LogP contribution in [-0.4, -0.2) is 23.3 Å². The molecule has 2 nitrogen and oxygen atoms in total. The Balaban J connectivity index is 2.55. The van der Waals surface area contributed by atoms with Crippen molar-refractivity contribution in [1.82, 2.24) is 4.90 Å². The van der Waals surface area contributed by atoms with Crippen molar-refractivity contribution in [2.24, 2.45) is 17.8 Å². The van der Waals surface area contributed by atoms with Gasteiger partial charge in [-0.2, -0.15) is 0 Å². The van der Waals surface area contributed by atoms with Gasteiger partial charge in [-0.15, -0.1) is 0 Å². The molecule has 0 aromatic carbocycles. The molecular weight excluding hydrogens is 294 g/mol. The third-order valence-electron chi connectivity index (χ3n) is 5.37. The van der Waals surface area contributed by atoms with Gasteiger partial charge in [0.25, 0.3) is 0 Å². The second-order valence-electron chi connectivity index (χ2n) is 8.65. The van der Waals surface area contributed by atoms with Gasteiger partial charge in [0, 0.05) is 24.7 Å². The SMILES string of the molecule is CC(C)CCCC(C)N(/C=C/C(=O)C1CCCCC1)CCC(C)C. The van der Waals surface area contributed by atoms with Crippen molar-refractivity contribution in [2.75, 3.05) is 6.54 Å². The zero-order valence-electron chi connectivity index (χ0n) is 16.9. The number of carbonyl (C=O) groups is 1. The molecule has 24 heavy (non-hydrogen) atoms. The van der Waals surface area contributed by atoms with Crippen LogP contribution in [0.4, 0.5) is 0 Å². The van der Waals surface area contributed by atoms with E-state index in [-0.39, 0.29) is 5.92 Å². The Morgan fingerprint density at radius 1 is 0.958 bits per heavy atom. The highest BCUT2D eigenvalue weighted by atomic mass is 16.1. The lowest BCUT2D eigenvalue weighted by molar-refractivity contribution is -0.119. The monoisotopic (exact) mass is 335 g/mol. The van der Waals surface area contributed by atoms with Gasteiger partial charge >= 0.3 is 0 Å². The van der Waals surface area contributed by atoms with E-state index < -0.39 is 0 Å². The molecule has 140 valence electrons. The highest BCUT2D eigenvalue weighted by molar-refractivity contribution is 5.91. The van der Waals surface area contributed by atoms with Gasteiger partial charge in [-0.05, 0) is 50.5 Å². The maximum absolute atomic E-state index is 12.5. The summed E-state index contributed by atoms with van der Waals surface area (Å²) in [5.74, 6) is 2.14. The largest absolute Gasteiger partial charge is 0.375 e. The maximum Gasteiger partial charge on any atom is 0.160 e. The Hall–Kier alpha value is -0.790. The summed E-state index contributed by atoms with van der Waals surface area (Å²) in [6.45, 7) is 12.5. The van der Waals surface area contributed by atoms with E-state index >= 15 is 0 Å². The smallest absolute Gasteiger partial charge is 0.160 e. The summed E-state index contributed by atoms with van der Waals surface area (Å²) in [4.78, 5) is 14.9. The summed E-state index contributed by atoms with van der Waals surface area (Å²) < 4.78 is 0. The molecule has 0 radical (unpaired) electrons. The van der Waals surface area contributed by atoms with Crippen molar-refractivity contribution in [3.63, 3.8) is 0 Å². The molecule has 1 aliphatic rings. The van der Waals surface area contributed by atoms with E-state index in [1.54, 1.807) is 0 Å². The fraction of sp³-hybridized carbons (Fsp3) is 0.864. The molecule has 1 saturated carbocycles. The second-order valence-corrected chi connectivity index (χ2v) is 8.65. The maximum atomic E-state index is 12.5. The molecule has 0 heterocycles. The van der Waals surface area contributed by atoms with Gasteiger partial charge in [0.1, 0.15) is 0 Å². The van der Waals surface area contributed by atoms with E-state index in [1.807, 2.05) is 6.08 Å². The van der Waals surface area contributed by atoms with Crippen molar-refractivity contribution in [1.29, 1.82) is 0 Å². The van der Waals surface area contributed by atoms with Crippen molar-refractivity contribution in [2.45, 2.75) is 98.4 Å². The number of rotatable bonds is 11. The van der Waals surface area contributed by atoms with E-state index in [0.29, 0.717) is 17.7 Å². The highest BCUT2D eigenvalue weighted by Crippen LogP contribution is 2.25. The molecule has 0 saturated heterocycles. The molecule has 1 fully saturated rings. The van der Waals surface area contributed by atoms with Crippen molar-refractivity contribution in [3.05, 3.63) is 12.3 Å². The fourth-order valence-electron chi connectivity index (χ4n) is 3.53. The lowest BCUT2D eigenvalue weighted by Gasteiger charge is -2.29. The van der Waals surface area contributed by atoms with E-state index in [1.165, 1.54) is 44.9 Å². The van der Waals surface area contributed by atoms with Gasteiger partial charge in [-0.1, -0.05) is 59.8 Å². The summed E-state index contributed by atoms with van der Waals surface area (Å²) in [5, 5.41) is 0. The summed E-state index contributed by atoms with van der Waals surface area (Å²) in [6, 6.07) is 0.526. The van der Waals surface area contributed by atoms with Crippen LogP contribution in [0, 0.1) is 17.8 Å². The molecule has 0 spiro atoms. The van der Waals surface area contributed by atoms with Gasteiger partial charge < -0.3 is 4.90 Å². The first-order valence-electron chi connectivity index (χ1n) is 10.4. The van der Waals surface area contributed by atoms with Crippen LogP contribution in [0.1, 0.15) is 92.4 Å². The molecule has 1 aliphatic carbocycles. The number of carbonyl (C=O) groups excluding carboxylic acids is 1. The fourth-order valence-corrected chi connectivity index (χ4v) is 3.53. The average molecular weight is 336 g/mol. The van der Waals surface area contributed by atoms with Crippen LogP contribution >= 0.6 is 0 Å². The summed E-state index contributed by atoms with van der Waals surface area (Å²) in [5.41, 5.74) is 0. The van der Waals surface area contributed by atoms with Crippen LogP contribution in [0.25, 0.3) is 0 Å². The van der Waals surface area contributed by atoms with Crippen molar-refractivity contribution < 1.29 is 4.79 Å². The first kappa shape index (κ1) is 21.3. The minimum Gasteiger partial charge on any atom is -0.375 e. The minimum atomic E-state index is 0.290. The molecular formula is C22H41NO. The number of ketones is 1. The Kier molecular flexibility index (Phi) is 10.4. The quantitative estimate of drug-likeness (QED) is 0.418. The van der Waals surface area contributed by atoms with E-state index in [2.05, 4.69) is 45.7 Å². The van der Waals surface area contributed by atoms with Crippen LogP contribution in [0.15, 0.2) is 12.3 Å². The number of nitrogens with zero attached hydrogens (tertiary/aromatic N) is 1. The standard InChI is InChI=1S/C22H41NO/c1-18(2)10-9-11-20(5)23(16-14-19(3)4)17-15-22(24)21-12-7-6-8-13-21/h15,17-21H,6-14,16H2,1-5H3/b17-15+. The molecule has 0 amide bonds. The lowest BCUT2D eigenvalue weighted by Crippen LogP contribution is -2.30. The number of allylic oxidation sites excluding steroid dienone is 1. The zero-order valence-corrected chi connectivity index (χ0v) is 16.9. The van der Waals surface area contributed by atoms with Crippen LogP contribution in [0.2, 0.25) is 0 Å². The Morgan fingerprint density at radius 3 is 2.17 bits per heavy atom. The van der Waals surface area contributed by atoms with E-state index in [9.17, 15) is 4.79 Å². The second kappa shape index (κ2) is 11.7. The van der Waals surface area contributed by atoms with Gasteiger partial charge in [0.15, 0.2) is 5.78 Å². The third-order valence-corrected chi connectivity index (χ3v) is 5.37. The number of hydrogen-bond donors (Lipinski definition) is 0. The molecule has 0 aromatic rings. The van der Waals surface area contributed by atoms with Crippen molar-refractivity contribution >= 4 is 5.78 Å². The zero-order chi connectivity index (χ0) is 17.9. The topological polar surface area (TPSA) is 20.3 Å². The van der Waals surface area contributed by atoms with Gasteiger partial charge in [-0.25, -0.2) is 0 Å². The van der Waals surface area contributed by atoms with Gasteiger partial charge in [-0.3, -0.25) is 4.79 Å². The van der Waals surface area contributed by atoms with Crippen LogP contribution < -0.4 is 0 Å². The lowest BCUT2D eigenvalue weighted by atomic mass is 9.86. The van der Waals surface area contributed by atoms with Crippen LogP contribution in [0.3, 0.4) is 0 Å².